The predicted molar refractivity (Wildman–Crippen MR) is 409 cm³/mol. The molecule has 0 aliphatic carbocycles. The van der Waals surface area contributed by atoms with Gasteiger partial charge in [0.1, 0.15) is 19.3 Å². The molecule has 0 bridgehead atoms. The number of hydrogen-bond acceptors (Lipinski definition) is 15. The molecule has 6 atom stereocenters. The van der Waals surface area contributed by atoms with E-state index in [4.69, 9.17) is 37.0 Å². The number of phosphoric acid groups is 2. The molecule has 0 aromatic carbocycles. The zero-order valence-corrected chi connectivity index (χ0v) is 67.6. The fourth-order valence-corrected chi connectivity index (χ4v) is 14.0. The lowest BCUT2D eigenvalue weighted by Crippen LogP contribution is -2.30. The van der Waals surface area contributed by atoms with E-state index in [0.29, 0.717) is 31.6 Å². The normalized spacial score (nSPS) is 14.3. The van der Waals surface area contributed by atoms with E-state index in [9.17, 15) is 43.2 Å². The van der Waals surface area contributed by atoms with Gasteiger partial charge in [-0.1, -0.05) is 364 Å². The van der Waals surface area contributed by atoms with Gasteiger partial charge in [-0.25, -0.2) is 9.13 Å². The minimum atomic E-state index is -4.96. The van der Waals surface area contributed by atoms with Crippen LogP contribution in [0.3, 0.4) is 0 Å². The molecule has 3 N–H and O–H groups in total. The van der Waals surface area contributed by atoms with E-state index in [2.05, 4.69) is 55.4 Å². The Hall–Kier alpha value is -1.94. The molecule has 17 nitrogen and oxygen atoms in total. The van der Waals surface area contributed by atoms with Crippen molar-refractivity contribution in [2.24, 2.45) is 23.7 Å². The SMILES string of the molecule is CCC(C)CCCCCCCCCCCCCCCCC(=O)O[C@H](COC(=O)CCCCCCCCCCCCCCCC(C)C)COP(=O)(O)OCC(O)COP(=O)(O)OC[C@@H](COC(=O)CCCCCCCCCC(C)C)OC(=O)CCCCCCCCCCCCCCCC(C)C. The maximum Gasteiger partial charge on any atom is 0.472 e. The molecule has 0 heterocycles. The number of carbonyl (C=O) groups is 4. The number of unbranched alkanes of at least 4 members (excludes halogenated alkanes) is 43. The summed E-state index contributed by atoms with van der Waals surface area (Å²) in [5, 5.41) is 10.6. The van der Waals surface area contributed by atoms with Crippen LogP contribution < -0.4 is 0 Å². The number of aliphatic hydroxyl groups is 1. The van der Waals surface area contributed by atoms with Gasteiger partial charge in [-0.05, 0) is 49.4 Å². The van der Waals surface area contributed by atoms with Gasteiger partial charge < -0.3 is 33.8 Å². The third-order valence-electron chi connectivity index (χ3n) is 19.2. The van der Waals surface area contributed by atoms with Crippen LogP contribution in [0.15, 0.2) is 0 Å². The second-order valence-electron chi connectivity index (χ2n) is 30.8. The van der Waals surface area contributed by atoms with Crippen molar-refractivity contribution in [1.82, 2.24) is 0 Å². The second kappa shape index (κ2) is 70.1. The van der Waals surface area contributed by atoms with E-state index in [-0.39, 0.29) is 25.7 Å². The molecule has 19 heteroatoms. The molecule has 100 heavy (non-hydrogen) atoms. The largest absolute Gasteiger partial charge is 0.472 e. The summed E-state index contributed by atoms with van der Waals surface area (Å²) >= 11 is 0. The second-order valence-corrected chi connectivity index (χ2v) is 33.7. The van der Waals surface area contributed by atoms with Gasteiger partial charge in [0.2, 0.25) is 0 Å². The first-order valence-electron chi connectivity index (χ1n) is 41.7. The molecule has 0 amide bonds. The minimum absolute atomic E-state index is 0.106. The highest BCUT2D eigenvalue weighted by Gasteiger charge is 2.30. The number of phosphoric ester groups is 2. The fraction of sp³-hybridized carbons (Fsp3) is 0.951. The number of hydrogen-bond donors (Lipinski definition) is 3. The zero-order chi connectivity index (χ0) is 73.8. The van der Waals surface area contributed by atoms with Crippen LogP contribution in [-0.2, 0) is 65.4 Å². The van der Waals surface area contributed by atoms with E-state index in [0.717, 1.165) is 114 Å². The van der Waals surface area contributed by atoms with Gasteiger partial charge in [0, 0.05) is 25.7 Å². The number of aliphatic hydroxyl groups excluding tert-OH is 1. The molecule has 0 rings (SSSR count). The van der Waals surface area contributed by atoms with E-state index in [1.165, 1.54) is 212 Å². The molecular formula is C81H158O17P2. The van der Waals surface area contributed by atoms with Gasteiger partial charge in [0.15, 0.2) is 12.2 Å². The molecular weight excluding hydrogens is 1310 g/mol. The minimum Gasteiger partial charge on any atom is -0.462 e. The maximum atomic E-state index is 13.1. The van der Waals surface area contributed by atoms with Crippen LogP contribution in [-0.4, -0.2) is 96.7 Å². The third kappa shape index (κ3) is 73.0. The smallest absolute Gasteiger partial charge is 0.462 e. The van der Waals surface area contributed by atoms with Gasteiger partial charge in [0.25, 0.3) is 0 Å². The van der Waals surface area contributed by atoms with Crippen LogP contribution >= 0.6 is 15.6 Å². The lowest BCUT2D eigenvalue weighted by molar-refractivity contribution is -0.161. The van der Waals surface area contributed by atoms with Crippen molar-refractivity contribution in [3.8, 4) is 0 Å². The Morgan fingerprint density at radius 1 is 0.280 bits per heavy atom. The maximum absolute atomic E-state index is 13.1. The van der Waals surface area contributed by atoms with Gasteiger partial charge in [-0.3, -0.25) is 37.3 Å². The van der Waals surface area contributed by atoms with Gasteiger partial charge in [-0.15, -0.1) is 0 Å². The summed E-state index contributed by atoms with van der Waals surface area (Å²) in [6.45, 7) is 14.3. The van der Waals surface area contributed by atoms with Gasteiger partial charge >= 0.3 is 39.5 Å². The number of carbonyl (C=O) groups excluding carboxylic acids is 4. The van der Waals surface area contributed by atoms with Crippen LogP contribution in [0.4, 0.5) is 0 Å². The van der Waals surface area contributed by atoms with Crippen molar-refractivity contribution in [3.63, 3.8) is 0 Å². The Bertz CT molecular complexity index is 1960. The van der Waals surface area contributed by atoms with Crippen molar-refractivity contribution >= 4 is 39.5 Å². The van der Waals surface area contributed by atoms with Crippen molar-refractivity contribution in [2.75, 3.05) is 39.6 Å². The van der Waals surface area contributed by atoms with Crippen LogP contribution in [0.5, 0.6) is 0 Å². The molecule has 0 spiro atoms. The van der Waals surface area contributed by atoms with Crippen LogP contribution in [0.2, 0.25) is 0 Å². The topological polar surface area (TPSA) is 237 Å². The summed E-state index contributed by atoms with van der Waals surface area (Å²) in [5.74, 6) is 1.01. The average molecular weight is 1470 g/mol. The monoisotopic (exact) mass is 1470 g/mol. The first-order chi connectivity index (χ1) is 48.1. The van der Waals surface area contributed by atoms with E-state index in [1.54, 1.807) is 0 Å². The molecule has 0 radical (unpaired) electrons. The molecule has 0 fully saturated rings. The highest BCUT2D eigenvalue weighted by Crippen LogP contribution is 2.45. The lowest BCUT2D eigenvalue weighted by Gasteiger charge is -2.21. The Morgan fingerprint density at radius 3 is 0.710 bits per heavy atom. The van der Waals surface area contributed by atoms with E-state index in [1.807, 2.05) is 0 Å². The number of esters is 4. The first kappa shape index (κ1) is 98.1. The molecule has 0 aromatic heterocycles. The zero-order valence-electron chi connectivity index (χ0n) is 65.8. The van der Waals surface area contributed by atoms with Gasteiger partial charge in [-0.2, -0.15) is 0 Å². The Morgan fingerprint density at radius 2 is 0.480 bits per heavy atom. The molecule has 594 valence electrons. The standard InChI is InChI=1S/C81H158O17P2/c1-9-74(8)60-52-44-36-28-22-16-10-11-17-24-30-38-47-55-63-80(85)97-76(67-91-78(83)61-53-45-37-29-23-18-12-14-20-26-33-41-49-57-71(2)3)69-95-99(87,88)93-65-75(82)66-94-100(89,90)96-70-77(68-92-79(84)62-54-46-40-32-35-43-51-59-73(6)7)98-81(86)64-56-48-39-31-25-19-13-15-21-27-34-42-50-58-72(4)5/h71-77,82H,9-70H2,1-8H3,(H,87,88)(H,89,90)/t74?,75?,76-,77-/m1/s1. The highest BCUT2D eigenvalue weighted by molar-refractivity contribution is 7.47. The van der Waals surface area contributed by atoms with Crippen molar-refractivity contribution in [1.29, 1.82) is 0 Å². The van der Waals surface area contributed by atoms with Crippen LogP contribution in [0.25, 0.3) is 0 Å². The summed E-state index contributed by atoms with van der Waals surface area (Å²) < 4.78 is 68.7. The quantitative estimate of drug-likeness (QED) is 0.0222. The lowest BCUT2D eigenvalue weighted by atomic mass is 9.99. The summed E-state index contributed by atoms with van der Waals surface area (Å²) in [6, 6.07) is 0. The molecule has 0 saturated heterocycles. The third-order valence-corrected chi connectivity index (χ3v) is 21.1. The Kier molecular flexibility index (Phi) is 68.7. The average Bonchev–Trinajstić information content (AvgIpc) is 0.913. The molecule has 0 aliphatic rings. The Labute approximate surface area is 613 Å². The summed E-state index contributed by atoms with van der Waals surface area (Å²) in [4.78, 5) is 73.0. The first-order valence-corrected chi connectivity index (χ1v) is 44.7. The molecule has 0 saturated carbocycles. The predicted octanol–water partition coefficient (Wildman–Crippen LogP) is 24.0. The summed E-state index contributed by atoms with van der Waals surface area (Å²) in [7, 11) is -9.92. The number of rotatable bonds is 78. The van der Waals surface area contributed by atoms with Crippen molar-refractivity contribution in [2.45, 2.75) is 433 Å². The van der Waals surface area contributed by atoms with Crippen LogP contribution in [0.1, 0.15) is 415 Å². The van der Waals surface area contributed by atoms with Crippen LogP contribution in [0, 0.1) is 23.7 Å². The fourth-order valence-electron chi connectivity index (χ4n) is 12.4. The van der Waals surface area contributed by atoms with E-state index < -0.39 is 97.5 Å². The Balaban J connectivity index is 5.25. The summed E-state index contributed by atoms with van der Waals surface area (Å²) in [6.07, 6.45) is 56.8. The van der Waals surface area contributed by atoms with Crippen molar-refractivity contribution in [3.05, 3.63) is 0 Å². The molecule has 4 unspecified atom stereocenters. The van der Waals surface area contributed by atoms with Crippen molar-refractivity contribution < 1.29 is 80.2 Å². The molecule has 0 aromatic rings. The summed E-state index contributed by atoms with van der Waals surface area (Å²) in [5.41, 5.74) is 0. The number of ether oxygens (including phenoxy) is 4. The molecule has 0 aliphatic heterocycles. The van der Waals surface area contributed by atoms with E-state index >= 15 is 0 Å². The van der Waals surface area contributed by atoms with Gasteiger partial charge in [0.05, 0.1) is 26.4 Å². The highest BCUT2D eigenvalue weighted by atomic mass is 31.2.